The minimum Gasteiger partial charge on any atom is -0.0991 e. The highest BCUT2D eigenvalue weighted by molar-refractivity contribution is 5.08. The highest BCUT2D eigenvalue weighted by Gasteiger charge is 1.67. The first-order chi connectivity index (χ1) is 5.41. The van der Waals surface area contributed by atoms with Crippen molar-refractivity contribution in [3.63, 3.8) is 0 Å². The van der Waals surface area contributed by atoms with Crippen molar-refractivity contribution in [2.75, 3.05) is 0 Å². The largest absolute Gasteiger partial charge is 0.0991 e. The molecule has 0 aromatic heterocycles. The molecular weight excluding hydrogens is 132 g/mol. The number of hydrogen-bond donors (Lipinski definition) is 0. The van der Waals surface area contributed by atoms with Gasteiger partial charge < -0.3 is 0 Å². The predicted molar refractivity (Wildman–Crippen MR) is 54.7 cm³/mol. The molecule has 0 amide bonds. The third-order valence-corrected chi connectivity index (χ3v) is 0.950. The van der Waals surface area contributed by atoms with Gasteiger partial charge in [-0.1, -0.05) is 64.2 Å². The summed E-state index contributed by atoms with van der Waals surface area (Å²) in [4.78, 5) is 0. The summed E-state index contributed by atoms with van der Waals surface area (Å²) in [5.41, 5.74) is 0. The Hall–Kier alpha value is -0.780. The summed E-state index contributed by atoms with van der Waals surface area (Å²) in [5.74, 6) is 0. The first-order valence-corrected chi connectivity index (χ1v) is 4.36. The second-order valence-electron chi connectivity index (χ2n) is 1.84. The smallest absolute Gasteiger partial charge is 0.0350 e. The molecule has 0 unspecified atom stereocenters. The molecule has 0 aromatic rings. The maximum Gasteiger partial charge on any atom is -0.0350 e. The van der Waals surface area contributed by atoms with Crippen LogP contribution >= 0.6 is 0 Å². The van der Waals surface area contributed by atoms with Crippen LogP contribution in [0.4, 0.5) is 0 Å². The van der Waals surface area contributed by atoms with E-state index in [1.807, 2.05) is 32.1 Å². The minimum atomic E-state index is 1.17. The van der Waals surface area contributed by atoms with Crippen molar-refractivity contribution < 1.29 is 0 Å². The van der Waals surface area contributed by atoms with Crippen LogP contribution in [0.5, 0.6) is 0 Å². The zero-order valence-corrected chi connectivity index (χ0v) is 8.01. The van der Waals surface area contributed by atoms with E-state index in [1.165, 1.54) is 12.8 Å². The van der Waals surface area contributed by atoms with Gasteiger partial charge in [-0.15, -0.1) is 0 Å². The van der Waals surface area contributed by atoms with Gasteiger partial charge in [0.25, 0.3) is 0 Å². The van der Waals surface area contributed by atoms with Crippen molar-refractivity contribution in [3.05, 3.63) is 37.0 Å². The second-order valence-corrected chi connectivity index (χ2v) is 1.84. The lowest BCUT2D eigenvalue weighted by Gasteiger charge is -1.78. The third kappa shape index (κ3) is 17.6. The Kier molecular flexibility index (Phi) is 18.8. The molecule has 11 heavy (non-hydrogen) atoms. The molecule has 0 saturated heterocycles. The first-order valence-electron chi connectivity index (χ1n) is 4.36. The van der Waals surface area contributed by atoms with Gasteiger partial charge >= 0.3 is 0 Å². The summed E-state index contributed by atoms with van der Waals surface area (Å²) >= 11 is 0. The molecule has 0 spiro atoms. The van der Waals surface area contributed by atoms with Gasteiger partial charge in [0.1, 0.15) is 0 Å². The molecule has 0 bridgehead atoms. The minimum absolute atomic E-state index is 1.17. The lowest BCUT2D eigenvalue weighted by atomic mass is 10.3. The van der Waals surface area contributed by atoms with E-state index in [0.717, 1.165) is 0 Å². The van der Waals surface area contributed by atoms with E-state index in [1.54, 1.807) is 6.08 Å². The Morgan fingerprint density at radius 2 is 1.73 bits per heavy atom. The van der Waals surface area contributed by atoms with Crippen LogP contribution in [0.2, 0.25) is 0 Å². The Morgan fingerprint density at radius 3 is 2.18 bits per heavy atom. The van der Waals surface area contributed by atoms with E-state index >= 15 is 0 Å². The van der Waals surface area contributed by atoms with Gasteiger partial charge in [0, 0.05) is 0 Å². The van der Waals surface area contributed by atoms with Crippen LogP contribution in [0.3, 0.4) is 0 Å². The van der Waals surface area contributed by atoms with Crippen LogP contribution < -0.4 is 0 Å². The maximum absolute atomic E-state index is 3.56. The summed E-state index contributed by atoms with van der Waals surface area (Å²) in [6.45, 7) is 9.73. The molecule has 0 heterocycles. The molecule has 0 aliphatic rings. The molecule has 0 aliphatic heterocycles. The third-order valence-electron chi connectivity index (χ3n) is 0.950. The lowest BCUT2D eigenvalue weighted by Crippen LogP contribution is -1.57. The summed E-state index contributed by atoms with van der Waals surface area (Å²) < 4.78 is 0. The van der Waals surface area contributed by atoms with E-state index < -0.39 is 0 Å². The van der Waals surface area contributed by atoms with E-state index in [-0.39, 0.29) is 0 Å². The van der Waals surface area contributed by atoms with Crippen molar-refractivity contribution >= 4 is 0 Å². The number of allylic oxidation sites excluding steroid dienone is 5. The van der Waals surface area contributed by atoms with Gasteiger partial charge in [-0.3, -0.25) is 0 Å². The van der Waals surface area contributed by atoms with E-state index in [4.69, 9.17) is 0 Å². The summed E-state index contributed by atoms with van der Waals surface area (Å²) in [5, 5.41) is 0. The van der Waals surface area contributed by atoms with Crippen molar-refractivity contribution in [3.8, 4) is 0 Å². The Bertz CT molecular complexity index is 107. The molecule has 0 rings (SSSR count). The van der Waals surface area contributed by atoms with Crippen LogP contribution in [-0.2, 0) is 0 Å². The van der Waals surface area contributed by atoms with Crippen LogP contribution in [0.25, 0.3) is 0 Å². The molecule has 0 saturated carbocycles. The van der Waals surface area contributed by atoms with Crippen molar-refractivity contribution in [1.82, 2.24) is 0 Å². The number of rotatable bonds is 4. The van der Waals surface area contributed by atoms with E-state index in [2.05, 4.69) is 19.6 Å². The fourth-order valence-corrected chi connectivity index (χ4v) is 0.484. The topological polar surface area (TPSA) is 0 Å². The summed E-state index contributed by atoms with van der Waals surface area (Å²) in [6, 6.07) is 0. The fourth-order valence-electron chi connectivity index (χ4n) is 0.484. The normalized spacial score (nSPS) is 9.73. The molecule has 0 nitrogen and oxygen atoms in total. The average molecular weight is 152 g/mol. The maximum atomic E-state index is 3.56. The zero-order valence-electron chi connectivity index (χ0n) is 8.01. The van der Waals surface area contributed by atoms with Gasteiger partial charge in [-0.25, -0.2) is 0 Å². The highest BCUT2D eigenvalue weighted by Crippen LogP contribution is 1.88. The van der Waals surface area contributed by atoms with Crippen LogP contribution in [-0.4, -0.2) is 0 Å². The number of unbranched alkanes of at least 4 members (excludes halogenated alkanes) is 1. The second kappa shape index (κ2) is 16.1. The molecule has 0 aromatic carbocycles. The molecular formula is C11H20. The molecule has 0 heteroatoms. The van der Waals surface area contributed by atoms with Crippen LogP contribution in [0, 0.1) is 0 Å². The Morgan fingerprint density at radius 1 is 1.09 bits per heavy atom. The molecule has 0 radical (unpaired) electrons. The predicted octanol–water partition coefficient (Wildman–Crippen LogP) is 4.11. The number of hydrogen-bond acceptors (Lipinski definition) is 0. The van der Waals surface area contributed by atoms with Crippen molar-refractivity contribution in [1.29, 1.82) is 0 Å². The van der Waals surface area contributed by atoms with Crippen molar-refractivity contribution in [2.45, 2.75) is 33.6 Å². The van der Waals surface area contributed by atoms with E-state index in [0.29, 0.717) is 0 Å². The molecule has 64 valence electrons. The lowest BCUT2D eigenvalue weighted by molar-refractivity contribution is 0.959. The monoisotopic (exact) mass is 152 g/mol. The summed E-state index contributed by atoms with van der Waals surface area (Å²) in [7, 11) is 0. The van der Waals surface area contributed by atoms with Gasteiger partial charge in [0.15, 0.2) is 0 Å². The van der Waals surface area contributed by atoms with Crippen molar-refractivity contribution in [2.24, 2.45) is 0 Å². The fraction of sp³-hybridized carbons (Fsp3) is 0.455. The standard InChI is InChI=1S/C9H14.C2H6/c1-3-5-7-9-8-6-4-2;1-2/h3,5,7-9H,1,4,6H2,2H3;1-2H3/b7-5-,9-8+;. The SMILES string of the molecule is C=C/C=C\C=C\CCC.CC. The van der Waals surface area contributed by atoms with Gasteiger partial charge in [0.2, 0.25) is 0 Å². The molecule has 0 fully saturated rings. The van der Waals surface area contributed by atoms with Gasteiger partial charge in [-0.05, 0) is 6.42 Å². The molecule has 0 atom stereocenters. The molecule has 0 aliphatic carbocycles. The first kappa shape index (κ1) is 12.9. The van der Waals surface area contributed by atoms with Gasteiger partial charge in [-0.2, -0.15) is 0 Å². The highest BCUT2D eigenvalue weighted by atomic mass is 13.7. The molecule has 0 N–H and O–H groups in total. The van der Waals surface area contributed by atoms with Crippen LogP contribution in [0.15, 0.2) is 37.0 Å². The Balaban J connectivity index is 0. The van der Waals surface area contributed by atoms with E-state index in [9.17, 15) is 0 Å². The zero-order chi connectivity index (χ0) is 8.95. The summed E-state index contributed by atoms with van der Waals surface area (Å²) in [6.07, 6.45) is 12.3. The average Bonchev–Trinajstić information content (AvgIpc) is 2.08. The Labute approximate surface area is 71.3 Å². The van der Waals surface area contributed by atoms with Crippen LogP contribution in [0.1, 0.15) is 33.6 Å². The quantitative estimate of drug-likeness (QED) is 0.532. The van der Waals surface area contributed by atoms with Gasteiger partial charge in [0.05, 0.1) is 0 Å².